The van der Waals surface area contributed by atoms with Crippen LogP contribution in [-0.2, 0) is 12.7 Å². The van der Waals surface area contributed by atoms with Gasteiger partial charge in [0.05, 0.1) is 23.8 Å². The highest BCUT2D eigenvalue weighted by molar-refractivity contribution is 8.17. The number of aromatic nitrogens is 2. The molecule has 186 valence electrons. The van der Waals surface area contributed by atoms with Crippen molar-refractivity contribution in [2.75, 3.05) is 27.2 Å². The van der Waals surface area contributed by atoms with E-state index in [9.17, 15) is 18.3 Å². The first-order chi connectivity index (χ1) is 16.6. The summed E-state index contributed by atoms with van der Waals surface area (Å²) in [5, 5.41) is 19.1. The van der Waals surface area contributed by atoms with E-state index in [1.165, 1.54) is 28.6 Å². The van der Waals surface area contributed by atoms with Gasteiger partial charge in [-0.25, -0.2) is 0 Å². The van der Waals surface area contributed by atoms with Crippen LogP contribution in [0.15, 0.2) is 52.5 Å². The minimum absolute atomic E-state index is 0.0345. The van der Waals surface area contributed by atoms with Gasteiger partial charge >= 0.3 is 6.18 Å². The predicted molar refractivity (Wildman–Crippen MR) is 135 cm³/mol. The zero-order valence-corrected chi connectivity index (χ0v) is 20.8. The molecule has 2 heterocycles. The van der Waals surface area contributed by atoms with Crippen LogP contribution in [0.2, 0.25) is 5.02 Å². The fraction of sp³-hybridized carbons (Fsp3) is 0.333. The van der Waals surface area contributed by atoms with Gasteiger partial charge in [0.25, 0.3) is 0 Å². The van der Waals surface area contributed by atoms with Crippen molar-refractivity contribution in [2.24, 2.45) is 4.99 Å². The largest absolute Gasteiger partial charge is 0.416 e. The van der Waals surface area contributed by atoms with Gasteiger partial charge in [0, 0.05) is 21.9 Å². The van der Waals surface area contributed by atoms with Gasteiger partial charge in [-0.05, 0) is 68.5 Å². The van der Waals surface area contributed by atoms with E-state index in [1.807, 2.05) is 38.4 Å². The number of aliphatic imine (C=N–C) groups is 1. The highest BCUT2D eigenvalue weighted by atomic mass is 35.5. The molecule has 1 saturated heterocycles. The quantitative estimate of drug-likeness (QED) is 0.424. The molecule has 2 aromatic carbocycles. The molecule has 11 heteroatoms. The fourth-order valence-electron chi connectivity index (χ4n) is 3.74. The topological polar surface area (TPSA) is 65.7 Å². The summed E-state index contributed by atoms with van der Waals surface area (Å²) in [5.41, 5.74) is 0.869. The Bertz CT molecular complexity index is 1270. The molecule has 0 bridgehead atoms. The van der Waals surface area contributed by atoms with Crippen molar-refractivity contribution in [1.29, 1.82) is 0 Å². The first kappa shape index (κ1) is 25.6. The van der Waals surface area contributed by atoms with Crippen LogP contribution in [0.3, 0.4) is 0 Å². The van der Waals surface area contributed by atoms with Crippen LogP contribution in [-0.4, -0.2) is 58.4 Å². The molecule has 3 aromatic rings. The lowest BCUT2D eigenvalue weighted by Gasteiger charge is -2.14. The maximum Gasteiger partial charge on any atom is 0.416 e. The minimum atomic E-state index is -4.51. The predicted octanol–water partition coefficient (Wildman–Crippen LogP) is 5.06. The lowest BCUT2D eigenvalue weighted by atomic mass is 10.1. The summed E-state index contributed by atoms with van der Waals surface area (Å²) in [6.45, 7) is 1.57. The van der Waals surface area contributed by atoms with Crippen molar-refractivity contribution in [3.8, 4) is 0 Å². The van der Waals surface area contributed by atoms with Crippen LogP contribution in [0.4, 0.5) is 13.2 Å². The maximum absolute atomic E-state index is 13.5. The summed E-state index contributed by atoms with van der Waals surface area (Å²) in [7, 11) is 4.02. The Kier molecular flexibility index (Phi) is 7.75. The van der Waals surface area contributed by atoms with Gasteiger partial charge in [0.2, 0.25) is 0 Å². The van der Waals surface area contributed by atoms with Crippen LogP contribution in [0.5, 0.6) is 0 Å². The van der Waals surface area contributed by atoms with Crippen LogP contribution in [0.1, 0.15) is 23.1 Å². The van der Waals surface area contributed by atoms with E-state index in [0.29, 0.717) is 17.2 Å². The molecule has 6 nitrogen and oxygen atoms in total. The van der Waals surface area contributed by atoms with Crippen molar-refractivity contribution in [1.82, 2.24) is 20.0 Å². The Hall–Kier alpha value is -2.53. The van der Waals surface area contributed by atoms with E-state index in [-0.39, 0.29) is 17.1 Å². The summed E-state index contributed by atoms with van der Waals surface area (Å²) >= 11 is 7.18. The average molecular weight is 524 g/mol. The number of benzene rings is 2. The maximum atomic E-state index is 13.5. The molecular weight excluding hydrogens is 499 g/mol. The monoisotopic (exact) mass is 523 g/mol. The molecule has 0 spiro atoms. The third-order valence-electron chi connectivity index (χ3n) is 5.44. The Morgan fingerprint density at radius 3 is 2.80 bits per heavy atom. The number of fused-ring (bicyclic) bond motifs is 1. The lowest BCUT2D eigenvalue weighted by molar-refractivity contribution is -0.138. The summed E-state index contributed by atoms with van der Waals surface area (Å²) in [6.07, 6.45) is -0.937. The Morgan fingerprint density at radius 1 is 1.26 bits per heavy atom. The highest BCUT2D eigenvalue weighted by Gasteiger charge is 2.33. The minimum Gasteiger partial charge on any atom is -0.369 e. The number of alkyl halides is 3. The van der Waals surface area contributed by atoms with Gasteiger partial charge in [0.1, 0.15) is 0 Å². The SMILES string of the molecule is CN(C)CCCN=C1NC(O)C(=Cc2ccc3c(cnn3Cc3ccc(Cl)cc3C(F)(F)F)c2)S1. The number of hydrogen-bond acceptors (Lipinski definition) is 5. The second-order valence-electron chi connectivity index (χ2n) is 8.46. The second-order valence-corrected chi connectivity index (χ2v) is 9.96. The van der Waals surface area contributed by atoms with E-state index in [0.717, 1.165) is 34.9 Å². The molecule has 1 fully saturated rings. The van der Waals surface area contributed by atoms with E-state index >= 15 is 0 Å². The van der Waals surface area contributed by atoms with Crippen LogP contribution >= 0.6 is 23.4 Å². The number of hydrogen-bond donors (Lipinski definition) is 2. The molecule has 1 aromatic heterocycles. The summed E-state index contributed by atoms with van der Waals surface area (Å²) < 4.78 is 41.9. The molecule has 0 radical (unpaired) electrons. The lowest BCUT2D eigenvalue weighted by Crippen LogP contribution is -2.25. The van der Waals surface area contributed by atoms with E-state index in [1.54, 1.807) is 6.20 Å². The van der Waals surface area contributed by atoms with Crippen molar-refractivity contribution >= 4 is 45.5 Å². The van der Waals surface area contributed by atoms with Crippen LogP contribution < -0.4 is 5.32 Å². The molecule has 1 aliphatic rings. The number of amidine groups is 1. The molecule has 2 N–H and O–H groups in total. The van der Waals surface area contributed by atoms with Gasteiger partial charge < -0.3 is 15.3 Å². The Labute approximate surface area is 210 Å². The molecule has 0 amide bonds. The number of nitrogens with one attached hydrogen (secondary N) is 1. The Balaban J connectivity index is 1.51. The molecule has 1 unspecified atom stereocenters. The number of aliphatic hydroxyl groups excluding tert-OH is 1. The van der Waals surface area contributed by atoms with Crippen molar-refractivity contribution in [3.05, 3.63) is 69.2 Å². The molecule has 0 saturated carbocycles. The summed E-state index contributed by atoms with van der Waals surface area (Å²) in [4.78, 5) is 7.32. The normalized spacial score (nSPS) is 18.8. The standard InChI is InChI=1S/C24H25ClF3N5OS/c1-32(2)9-3-8-29-23-31-22(34)21(35-23)11-15-4-7-20-17(10-15)13-30-33(20)14-16-5-6-18(25)12-19(16)24(26,27)28/h4-7,10-13,22,34H,3,8-9,14H2,1-2H3,(H,29,31). The number of rotatable bonds is 7. The van der Waals surface area contributed by atoms with Gasteiger partial charge in [-0.1, -0.05) is 35.5 Å². The first-order valence-corrected chi connectivity index (χ1v) is 12.1. The van der Waals surface area contributed by atoms with Gasteiger partial charge in [-0.3, -0.25) is 9.67 Å². The summed E-state index contributed by atoms with van der Waals surface area (Å²) in [6, 6.07) is 9.31. The van der Waals surface area contributed by atoms with Gasteiger partial charge in [-0.2, -0.15) is 18.3 Å². The van der Waals surface area contributed by atoms with Crippen LogP contribution in [0.25, 0.3) is 17.0 Å². The first-order valence-electron chi connectivity index (χ1n) is 10.9. The van der Waals surface area contributed by atoms with E-state index in [4.69, 9.17) is 11.6 Å². The number of thioether (sulfide) groups is 1. The fourth-order valence-corrected chi connectivity index (χ4v) is 4.82. The summed E-state index contributed by atoms with van der Waals surface area (Å²) in [5.74, 6) is 0. The molecule has 1 aliphatic heterocycles. The van der Waals surface area contributed by atoms with Gasteiger partial charge in [0.15, 0.2) is 11.4 Å². The molecule has 1 atom stereocenters. The third-order valence-corrected chi connectivity index (χ3v) is 6.69. The zero-order chi connectivity index (χ0) is 25.2. The number of nitrogens with zero attached hydrogens (tertiary/aromatic N) is 4. The molecule has 0 aliphatic carbocycles. The molecule has 4 rings (SSSR count). The Morgan fingerprint density at radius 2 is 2.06 bits per heavy atom. The molecule has 35 heavy (non-hydrogen) atoms. The number of halogens is 4. The smallest absolute Gasteiger partial charge is 0.369 e. The number of aliphatic hydroxyl groups is 1. The average Bonchev–Trinajstić information content (AvgIpc) is 3.34. The van der Waals surface area contributed by atoms with Crippen LogP contribution in [0, 0.1) is 0 Å². The van der Waals surface area contributed by atoms with Crippen molar-refractivity contribution in [3.63, 3.8) is 0 Å². The van der Waals surface area contributed by atoms with E-state index < -0.39 is 18.0 Å². The van der Waals surface area contributed by atoms with Crippen molar-refractivity contribution < 1.29 is 18.3 Å². The third kappa shape index (κ3) is 6.38. The second kappa shape index (κ2) is 10.6. The zero-order valence-electron chi connectivity index (χ0n) is 19.2. The molecular formula is C24H25ClF3N5OS. The van der Waals surface area contributed by atoms with Gasteiger partial charge in [-0.15, -0.1) is 0 Å². The van der Waals surface area contributed by atoms with E-state index in [2.05, 4.69) is 20.3 Å². The van der Waals surface area contributed by atoms with Crippen molar-refractivity contribution in [2.45, 2.75) is 25.4 Å². The highest BCUT2D eigenvalue weighted by Crippen LogP contribution is 2.35.